The minimum absolute atomic E-state index is 0. The number of halogens is 4. The minimum Gasteiger partial charge on any atom is -0.365 e. The van der Waals surface area contributed by atoms with Crippen LogP contribution >= 0.6 is 24.8 Å². The van der Waals surface area contributed by atoms with Crippen molar-refractivity contribution >= 4 is 36.4 Å². The molecule has 0 bridgehead atoms. The third-order valence-corrected chi connectivity index (χ3v) is 4.72. The van der Waals surface area contributed by atoms with Crippen molar-refractivity contribution in [2.75, 3.05) is 31.1 Å². The zero-order valence-electron chi connectivity index (χ0n) is 13.4. The first-order chi connectivity index (χ1) is 10.6. The Hall–Kier alpha value is -1.11. The van der Waals surface area contributed by atoms with Crippen LogP contribution in [0.15, 0.2) is 18.2 Å². The maximum absolute atomic E-state index is 13.8. The summed E-state index contributed by atoms with van der Waals surface area (Å²) < 4.78 is 27.6. The van der Waals surface area contributed by atoms with E-state index in [0.29, 0.717) is 25.4 Å². The first-order valence-corrected chi connectivity index (χ1v) is 7.76. The predicted molar refractivity (Wildman–Crippen MR) is 95.1 cm³/mol. The Kier molecular flexibility index (Phi) is 7.70. The number of carbonyl (C=O) groups is 1. The van der Waals surface area contributed by atoms with E-state index in [1.807, 2.05) is 6.92 Å². The highest BCUT2D eigenvalue weighted by molar-refractivity contribution is 5.85. The molecule has 2 unspecified atom stereocenters. The lowest BCUT2D eigenvalue weighted by Crippen LogP contribution is -2.51. The van der Waals surface area contributed by atoms with Gasteiger partial charge in [-0.3, -0.25) is 4.79 Å². The van der Waals surface area contributed by atoms with Crippen LogP contribution in [0.5, 0.6) is 0 Å². The molecule has 0 radical (unpaired) electrons. The number of anilines is 1. The Bertz CT molecular complexity index is 552. The zero-order chi connectivity index (χ0) is 15.7. The molecule has 2 fully saturated rings. The van der Waals surface area contributed by atoms with Crippen molar-refractivity contribution in [1.82, 2.24) is 10.6 Å². The average molecular weight is 382 g/mol. The van der Waals surface area contributed by atoms with Gasteiger partial charge in [-0.25, -0.2) is 8.78 Å². The van der Waals surface area contributed by atoms with Gasteiger partial charge in [0.1, 0.15) is 17.3 Å². The van der Waals surface area contributed by atoms with Gasteiger partial charge in [0.2, 0.25) is 5.91 Å². The van der Waals surface area contributed by atoms with Gasteiger partial charge in [0.15, 0.2) is 0 Å². The number of carbonyl (C=O) groups excluding carboxylic acids is 1. The molecule has 1 amide bonds. The Labute approximate surface area is 153 Å². The molecule has 0 aromatic heterocycles. The summed E-state index contributed by atoms with van der Waals surface area (Å²) in [4.78, 5) is 13.9. The van der Waals surface area contributed by atoms with Crippen molar-refractivity contribution in [1.29, 1.82) is 0 Å². The van der Waals surface area contributed by atoms with Crippen molar-refractivity contribution in [3.8, 4) is 0 Å². The summed E-state index contributed by atoms with van der Waals surface area (Å²) in [6, 6.07) is 3.83. The second-order valence-corrected chi connectivity index (χ2v) is 6.22. The van der Waals surface area contributed by atoms with Crippen molar-refractivity contribution in [2.45, 2.75) is 19.4 Å². The summed E-state index contributed by atoms with van der Waals surface area (Å²) in [5.74, 6) is -0.712. The summed E-state index contributed by atoms with van der Waals surface area (Å²) in [5.41, 5.74) is 0.00971. The van der Waals surface area contributed by atoms with E-state index in [9.17, 15) is 13.6 Å². The normalized spacial score (nSPS) is 21.3. The highest BCUT2D eigenvalue weighted by Gasteiger charge is 2.32. The van der Waals surface area contributed by atoms with Crippen LogP contribution in [0.4, 0.5) is 14.5 Å². The molecule has 2 heterocycles. The fourth-order valence-corrected chi connectivity index (χ4v) is 3.08. The van der Waals surface area contributed by atoms with Gasteiger partial charge in [-0.2, -0.15) is 0 Å². The quantitative estimate of drug-likeness (QED) is 0.841. The number of rotatable bonds is 4. The fourth-order valence-electron chi connectivity index (χ4n) is 3.08. The summed E-state index contributed by atoms with van der Waals surface area (Å²) in [6.45, 7) is 4.68. The van der Waals surface area contributed by atoms with Crippen molar-refractivity contribution in [2.24, 2.45) is 11.8 Å². The Morgan fingerprint density at radius 2 is 1.92 bits per heavy atom. The summed E-state index contributed by atoms with van der Waals surface area (Å²) in [5, 5.41) is 6.17. The lowest BCUT2D eigenvalue weighted by molar-refractivity contribution is -0.127. The lowest BCUT2D eigenvalue weighted by atomic mass is 9.88. The highest BCUT2D eigenvalue weighted by Crippen LogP contribution is 2.27. The van der Waals surface area contributed by atoms with Gasteiger partial charge in [0.25, 0.3) is 0 Å². The topological polar surface area (TPSA) is 44.4 Å². The fraction of sp³-hybridized carbons (Fsp3) is 0.562. The van der Waals surface area contributed by atoms with Gasteiger partial charge in [0, 0.05) is 25.0 Å². The smallest absolute Gasteiger partial charge is 0.223 e. The zero-order valence-corrected chi connectivity index (χ0v) is 15.1. The first-order valence-electron chi connectivity index (χ1n) is 7.76. The molecule has 2 N–H and O–H groups in total. The molecule has 0 spiro atoms. The van der Waals surface area contributed by atoms with Crippen LogP contribution in [0.2, 0.25) is 0 Å². The van der Waals surface area contributed by atoms with Gasteiger partial charge in [-0.1, -0.05) is 13.0 Å². The molecule has 3 rings (SSSR count). The monoisotopic (exact) mass is 381 g/mol. The number of hydrogen-bond acceptors (Lipinski definition) is 3. The minimum atomic E-state index is -0.555. The van der Waals surface area contributed by atoms with Crippen molar-refractivity contribution in [3.05, 3.63) is 29.8 Å². The van der Waals surface area contributed by atoms with Crippen LogP contribution in [0, 0.1) is 23.5 Å². The molecule has 24 heavy (non-hydrogen) atoms. The van der Waals surface area contributed by atoms with E-state index >= 15 is 0 Å². The van der Waals surface area contributed by atoms with E-state index in [4.69, 9.17) is 0 Å². The Morgan fingerprint density at radius 1 is 1.29 bits per heavy atom. The maximum atomic E-state index is 13.8. The van der Waals surface area contributed by atoms with E-state index in [1.165, 1.54) is 18.2 Å². The van der Waals surface area contributed by atoms with Gasteiger partial charge in [0.05, 0.1) is 0 Å². The van der Waals surface area contributed by atoms with Crippen LogP contribution in [-0.2, 0) is 4.79 Å². The molecule has 2 aliphatic rings. The van der Waals surface area contributed by atoms with E-state index in [0.717, 1.165) is 13.1 Å². The molecule has 1 aromatic carbocycles. The molecule has 2 aliphatic heterocycles. The number of amides is 1. The number of nitrogens with zero attached hydrogens (tertiary/aromatic N) is 1. The van der Waals surface area contributed by atoms with E-state index < -0.39 is 11.6 Å². The third kappa shape index (κ3) is 4.29. The third-order valence-electron chi connectivity index (χ3n) is 4.72. The van der Waals surface area contributed by atoms with Gasteiger partial charge in [-0.15, -0.1) is 24.8 Å². The highest BCUT2D eigenvalue weighted by atomic mass is 35.5. The van der Waals surface area contributed by atoms with Gasteiger partial charge >= 0.3 is 0 Å². The van der Waals surface area contributed by atoms with E-state index in [-0.39, 0.29) is 48.4 Å². The molecule has 0 saturated carbocycles. The second kappa shape index (κ2) is 8.83. The standard InChI is InChI=1S/C16H21F2N3O.2ClH/c1-10(11-7-19-8-11)16(22)20-12-5-6-21(9-12)15-13(17)3-2-4-14(15)18;;/h2-4,10-12,19H,5-9H2,1H3,(H,20,22);2*1H. The lowest BCUT2D eigenvalue weighted by Gasteiger charge is -2.32. The molecule has 1 aromatic rings. The number of benzene rings is 1. The molecule has 2 atom stereocenters. The second-order valence-electron chi connectivity index (χ2n) is 6.22. The van der Waals surface area contributed by atoms with Crippen LogP contribution in [0.1, 0.15) is 13.3 Å². The average Bonchev–Trinajstić information content (AvgIpc) is 2.84. The predicted octanol–water partition coefficient (Wildman–Crippen LogP) is 2.36. The van der Waals surface area contributed by atoms with Gasteiger partial charge in [-0.05, 0) is 37.6 Å². The van der Waals surface area contributed by atoms with Crippen LogP contribution in [0.25, 0.3) is 0 Å². The molecule has 4 nitrogen and oxygen atoms in total. The van der Waals surface area contributed by atoms with E-state index in [2.05, 4.69) is 10.6 Å². The van der Waals surface area contributed by atoms with Crippen molar-refractivity contribution in [3.63, 3.8) is 0 Å². The summed E-state index contributed by atoms with van der Waals surface area (Å²) in [7, 11) is 0. The SMILES string of the molecule is CC(C(=O)NC1CCN(c2c(F)cccc2F)C1)C1CNC1.Cl.Cl. The van der Waals surface area contributed by atoms with Crippen molar-refractivity contribution < 1.29 is 13.6 Å². The molecule has 136 valence electrons. The molecule has 2 saturated heterocycles. The number of para-hydroxylation sites is 1. The first kappa shape index (κ1) is 20.9. The van der Waals surface area contributed by atoms with Gasteiger partial charge < -0.3 is 15.5 Å². The van der Waals surface area contributed by atoms with Crippen LogP contribution in [-0.4, -0.2) is 38.1 Å². The Balaban J connectivity index is 0.00000144. The summed E-state index contributed by atoms with van der Waals surface area (Å²) >= 11 is 0. The summed E-state index contributed by atoms with van der Waals surface area (Å²) in [6.07, 6.45) is 0.704. The number of hydrogen-bond donors (Lipinski definition) is 2. The molecule has 8 heteroatoms. The molecule has 0 aliphatic carbocycles. The van der Waals surface area contributed by atoms with Crippen LogP contribution in [0.3, 0.4) is 0 Å². The molecular weight excluding hydrogens is 359 g/mol. The number of nitrogens with one attached hydrogen (secondary N) is 2. The molecular formula is C16H23Cl2F2N3O. The van der Waals surface area contributed by atoms with E-state index in [1.54, 1.807) is 4.90 Å². The van der Waals surface area contributed by atoms with Crippen LogP contribution < -0.4 is 15.5 Å². The maximum Gasteiger partial charge on any atom is 0.223 e. The Morgan fingerprint density at radius 3 is 2.46 bits per heavy atom. The largest absolute Gasteiger partial charge is 0.365 e.